The zero-order chi connectivity index (χ0) is 11.7. The smallest absolute Gasteiger partial charge is 0.240 e. The van der Waals surface area contributed by atoms with Crippen LogP contribution >= 0.6 is 0 Å². The minimum atomic E-state index is -0.579. The van der Waals surface area contributed by atoms with Crippen molar-refractivity contribution in [3.05, 3.63) is 0 Å². The topological polar surface area (TPSA) is 61.4 Å². The first kappa shape index (κ1) is 12.5. The second-order valence-electron chi connectivity index (χ2n) is 5.21. The minimum Gasteiger partial charge on any atom is -0.391 e. The molecule has 1 fully saturated rings. The summed E-state index contributed by atoms with van der Waals surface area (Å²) in [5.74, 6) is -0.0223. The fourth-order valence-electron chi connectivity index (χ4n) is 1.62. The van der Waals surface area contributed by atoms with Crippen LogP contribution in [0.3, 0.4) is 0 Å². The van der Waals surface area contributed by atoms with Crippen molar-refractivity contribution in [3.63, 3.8) is 0 Å². The van der Waals surface area contributed by atoms with Crippen LogP contribution in [0.25, 0.3) is 0 Å². The summed E-state index contributed by atoms with van der Waals surface area (Å²) < 4.78 is 0. The normalized spacial score (nSPS) is 28.9. The maximum Gasteiger partial charge on any atom is 0.240 e. The molecule has 1 amide bonds. The number of aliphatic hydroxyl groups is 1. The Morgan fingerprint density at radius 2 is 2.20 bits per heavy atom. The lowest BCUT2D eigenvalue weighted by Crippen LogP contribution is -2.59. The predicted octanol–water partition coefficient (Wildman–Crippen LogP) is 0.404. The van der Waals surface area contributed by atoms with Crippen molar-refractivity contribution >= 4 is 5.91 Å². The number of hydrogen-bond donors (Lipinski definition) is 3. The van der Waals surface area contributed by atoms with Crippen LogP contribution in [0.15, 0.2) is 0 Å². The summed E-state index contributed by atoms with van der Waals surface area (Å²) in [6.07, 6.45) is 1.32. The van der Waals surface area contributed by atoms with Crippen LogP contribution in [0.5, 0.6) is 0 Å². The van der Waals surface area contributed by atoms with Crippen molar-refractivity contribution in [1.82, 2.24) is 10.6 Å². The molecule has 0 aromatic heterocycles. The molecule has 3 N–H and O–H groups in total. The average molecular weight is 214 g/mol. The highest BCUT2D eigenvalue weighted by Gasteiger charge is 2.39. The Labute approximate surface area is 91.4 Å². The van der Waals surface area contributed by atoms with Gasteiger partial charge in [0, 0.05) is 0 Å². The molecule has 1 aliphatic heterocycles. The molecular weight excluding hydrogens is 192 g/mol. The molecular formula is C11H22N2O2. The third-order valence-electron chi connectivity index (χ3n) is 3.35. The number of hydrogen-bond acceptors (Lipinski definition) is 3. The first-order valence-electron chi connectivity index (χ1n) is 5.54. The van der Waals surface area contributed by atoms with E-state index in [1.165, 1.54) is 0 Å². The van der Waals surface area contributed by atoms with Crippen molar-refractivity contribution in [3.8, 4) is 0 Å². The molecule has 0 bridgehead atoms. The number of carbonyl (C=O) groups excluding carboxylic acids is 1. The van der Waals surface area contributed by atoms with E-state index in [0.29, 0.717) is 0 Å². The maximum absolute atomic E-state index is 12.0. The van der Waals surface area contributed by atoms with Crippen molar-refractivity contribution in [2.24, 2.45) is 0 Å². The van der Waals surface area contributed by atoms with Gasteiger partial charge in [-0.05, 0) is 47.1 Å². The molecule has 1 heterocycles. The third kappa shape index (κ3) is 2.69. The van der Waals surface area contributed by atoms with Crippen LogP contribution in [0.2, 0.25) is 0 Å². The minimum absolute atomic E-state index is 0.0223. The monoisotopic (exact) mass is 214 g/mol. The van der Waals surface area contributed by atoms with Crippen LogP contribution in [-0.4, -0.2) is 34.7 Å². The fourth-order valence-corrected chi connectivity index (χ4v) is 1.62. The number of aliphatic hydroxyl groups excluding tert-OH is 1. The van der Waals surface area contributed by atoms with Crippen LogP contribution in [0, 0.1) is 0 Å². The predicted molar refractivity (Wildman–Crippen MR) is 59.5 cm³/mol. The molecule has 1 saturated heterocycles. The number of amides is 1. The summed E-state index contributed by atoms with van der Waals surface area (Å²) in [6.45, 7) is 8.14. The van der Waals surface area contributed by atoms with Gasteiger partial charge in [0.15, 0.2) is 0 Å². The van der Waals surface area contributed by atoms with E-state index in [1.54, 1.807) is 6.92 Å². The first-order chi connectivity index (χ1) is 6.78. The fraction of sp³-hybridized carbons (Fsp3) is 0.909. The zero-order valence-corrected chi connectivity index (χ0v) is 10.1. The average Bonchev–Trinajstić information content (AvgIpc) is 2.52. The van der Waals surface area contributed by atoms with Crippen LogP contribution in [-0.2, 0) is 4.79 Å². The number of rotatable bonds is 3. The van der Waals surface area contributed by atoms with Crippen molar-refractivity contribution in [1.29, 1.82) is 0 Å². The molecule has 0 aromatic carbocycles. The van der Waals surface area contributed by atoms with Crippen molar-refractivity contribution < 1.29 is 9.90 Å². The van der Waals surface area contributed by atoms with Gasteiger partial charge in [-0.25, -0.2) is 0 Å². The lowest BCUT2D eigenvalue weighted by molar-refractivity contribution is -0.129. The van der Waals surface area contributed by atoms with E-state index in [-0.39, 0.29) is 5.91 Å². The van der Waals surface area contributed by atoms with Crippen molar-refractivity contribution in [2.45, 2.75) is 57.7 Å². The lowest BCUT2D eigenvalue weighted by atomic mass is 9.94. The highest BCUT2D eigenvalue weighted by atomic mass is 16.3. The van der Waals surface area contributed by atoms with Gasteiger partial charge < -0.3 is 15.7 Å². The Morgan fingerprint density at radius 1 is 1.60 bits per heavy atom. The second-order valence-corrected chi connectivity index (χ2v) is 5.21. The maximum atomic E-state index is 12.0. The van der Waals surface area contributed by atoms with E-state index in [9.17, 15) is 9.90 Å². The highest BCUT2D eigenvalue weighted by molar-refractivity contribution is 5.86. The highest BCUT2D eigenvalue weighted by Crippen LogP contribution is 2.20. The molecule has 0 aromatic rings. The van der Waals surface area contributed by atoms with E-state index >= 15 is 0 Å². The SMILES string of the molecule is CC(O)C(C)(C)NC(=O)C1(C)CCCN1. The van der Waals surface area contributed by atoms with Gasteiger partial charge >= 0.3 is 0 Å². The summed E-state index contributed by atoms with van der Waals surface area (Å²) in [5.41, 5.74) is -1.05. The van der Waals surface area contributed by atoms with Crippen LogP contribution in [0.1, 0.15) is 40.5 Å². The molecule has 0 aliphatic carbocycles. The Morgan fingerprint density at radius 3 is 2.60 bits per heavy atom. The van der Waals surface area contributed by atoms with Gasteiger partial charge in [0.2, 0.25) is 5.91 Å². The lowest BCUT2D eigenvalue weighted by Gasteiger charge is -2.34. The van der Waals surface area contributed by atoms with Gasteiger partial charge in [0.05, 0.1) is 17.2 Å². The van der Waals surface area contributed by atoms with Crippen molar-refractivity contribution in [2.75, 3.05) is 6.54 Å². The van der Waals surface area contributed by atoms with E-state index in [2.05, 4.69) is 10.6 Å². The molecule has 1 aliphatic rings. The van der Waals surface area contributed by atoms with Gasteiger partial charge in [-0.1, -0.05) is 0 Å². The molecule has 15 heavy (non-hydrogen) atoms. The summed E-state index contributed by atoms with van der Waals surface area (Å²) in [4.78, 5) is 12.0. The second kappa shape index (κ2) is 4.10. The van der Waals surface area contributed by atoms with Crippen LogP contribution < -0.4 is 10.6 Å². The Balaban J connectivity index is 2.62. The summed E-state index contributed by atoms with van der Waals surface area (Å²) >= 11 is 0. The molecule has 2 unspecified atom stereocenters. The number of nitrogens with one attached hydrogen (secondary N) is 2. The van der Waals surface area contributed by atoms with Crippen LogP contribution in [0.4, 0.5) is 0 Å². The van der Waals surface area contributed by atoms with E-state index in [1.807, 2.05) is 20.8 Å². The molecule has 4 nitrogen and oxygen atoms in total. The molecule has 4 heteroatoms. The first-order valence-corrected chi connectivity index (χ1v) is 5.54. The standard InChI is InChI=1S/C11H22N2O2/c1-8(14)10(2,3)13-9(15)11(4)6-5-7-12-11/h8,12,14H,5-7H2,1-4H3,(H,13,15). The molecule has 88 valence electrons. The van der Waals surface area contributed by atoms with Gasteiger partial charge in [-0.3, -0.25) is 4.79 Å². The zero-order valence-electron chi connectivity index (χ0n) is 10.1. The third-order valence-corrected chi connectivity index (χ3v) is 3.35. The summed E-state index contributed by atoms with van der Waals surface area (Å²) in [5, 5.41) is 15.6. The van der Waals surface area contributed by atoms with Gasteiger partial charge in [-0.2, -0.15) is 0 Å². The molecule has 0 spiro atoms. The molecule has 2 atom stereocenters. The van der Waals surface area contributed by atoms with E-state index in [4.69, 9.17) is 0 Å². The summed E-state index contributed by atoms with van der Waals surface area (Å²) in [7, 11) is 0. The quantitative estimate of drug-likeness (QED) is 0.637. The molecule has 1 rings (SSSR count). The Hall–Kier alpha value is -0.610. The van der Waals surface area contributed by atoms with Gasteiger partial charge in [-0.15, -0.1) is 0 Å². The van der Waals surface area contributed by atoms with E-state index in [0.717, 1.165) is 19.4 Å². The largest absolute Gasteiger partial charge is 0.391 e. The molecule has 0 saturated carbocycles. The molecule has 0 radical (unpaired) electrons. The Bertz CT molecular complexity index is 243. The van der Waals surface area contributed by atoms with Gasteiger partial charge in [0.1, 0.15) is 0 Å². The number of carbonyl (C=O) groups is 1. The van der Waals surface area contributed by atoms with Gasteiger partial charge in [0.25, 0.3) is 0 Å². The Kier molecular flexibility index (Phi) is 3.41. The van der Waals surface area contributed by atoms with E-state index < -0.39 is 17.2 Å². The summed E-state index contributed by atoms with van der Waals surface area (Å²) in [6, 6.07) is 0.